The van der Waals surface area contributed by atoms with Gasteiger partial charge in [-0.1, -0.05) is 43.5 Å². The molecule has 0 spiro atoms. The van der Waals surface area contributed by atoms with Crippen LogP contribution >= 0.6 is 43.5 Å². The highest BCUT2D eigenvalue weighted by Gasteiger charge is 2.14. The molecule has 2 aromatic carbocycles. The quantitative estimate of drug-likeness (QED) is 0.749. The van der Waals surface area contributed by atoms with Gasteiger partial charge >= 0.3 is 0 Å². The number of nitrogens with one attached hydrogen (secondary N) is 1. The van der Waals surface area contributed by atoms with Gasteiger partial charge in [-0.3, -0.25) is 4.79 Å². The molecule has 2 aromatic rings. The van der Waals surface area contributed by atoms with Crippen LogP contribution in [0, 0.1) is 0 Å². The average molecular weight is 420 g/mol. The molecule has 1 amide bonds. The molecule has 20 heavy (non-hydrogen) atoms. The van der Waals surface area contributed by atoms with E-state index < -0.39 is 0 Å². The Morgan fingerprint density at radius 3 is 2.50 bits per heavy atom. The van der Waals surface area contributed by atoms with Crippen molar-refractivity contribution in [2.45, 2.75) is 0 Å². The summed E-state index contributed by atoms with van der Waals surface area (Å²) in [6, 6.07) is 10.4. The Morgan fingerprint density at radius 1 is 1.15 bits per heavy atom. The zero-order valence-electron chi connectivity index (χ0n) is 10.4. The molecule has 0 unspecified atom stereocenters. The Labute approximate surface area is 138 Å². The fraction of sp³-hybridized carbons (Fsp3) is 0.0714. The van der Waals surface area contributed by atoms with Gasteiger partial charge in [-0.05, 0) is 36.4 Å². The van der Waals surface area contributed by atoms with Crippen molar-refractivity contribution in [2.75, 3.05) is 12.4 Å². The lowest BCUT2D eigenvalue weighted by atomic mass is 10.2. The molecule has 0 atom stereocenters. The van der Waals surface area contributed by atoms with Crippen LogP contribution in [-0.2, 0) is 0 Å². The predicted molar refractivity (Wildman–Crippen MR) is 87.8 cm³/mol. The van der Waals surface area contributed by atoms with Crippen LogP contribution in [0.15, 0.2) is 45.3 Å². The van der Waals surface area contributed by atoms with Gasteiger partial charge in [0, 0.05) is 8.95 Å². The number of carbonyl (C=O) groups excluding carboxylic acids is 1. The average Bonchev–Trinajstić information content (AvgIpc) is 2.42. The van der Waals surface area contributed by atoms with Crippen LogP contribution < -0.4 is 10.1 Å². The van der Waals surface area contributed by atoms with Crippen molar-refractivity contribution in [3.8, 4) is 5.75 Å². The second-order valence-electron chi connectivity index (χ2n) is 3.92. The highest BCUT2D eigenvalue weighted by atomic mass is 79.9. The summed E-state index contributed by atoms with van der Waals surface area (Å²) in [5, 5.41) is 3.24. The van der Waals surface area contributed by atoms with E-state index in [1.54, 1.807) is 36.4 Å². The molecule has 0 aliphatic heterocycles. The van der Waals surface area contributed by atoms with Gasteiger partial charge in [0.15, 0.2) is 0 Å². The normalized spacial score (nSPS) is 10.2. The lowest BCUT2D eigenvalue weighted by molar-refractivity contribution is 0.102. The summed E-state index contributed by atoms with van der Waals surface area (Å²) in [5.74, 6) is 0.206. The second kappa shape index (κ2) is 6.61. The number of carbonyl (C=O) groups is 1. The molecule has 1 N–H and O–H groups in total. The van der Waals surface area contributed by atoms with Gasteiger partial charge in [0.1, 0.15) is 5.75 Å². The molecule has 6 heteroatoms. The van der Waals surface area contributed by atoms with Gasteiger partial charge in [-0.25, -0.2) is 0 Å². The Bertz CT molecular complexity index is 662. The third-order valence-corrected chi connectivity index (χ3v) is 3.90. The van der Waals surface area contributed by atoms with E-state index in [2.05, 4.69) is 37.2 Å². The summed E-state index contributed by atoms with van der Waals surface area (Å²) in [6.07, 6.45) is 0. The van der Waals surface area contributed by atoms with E-state index >= 15 is 0 Å². The Balaban J connectivity index is 2.30. The van der Waals surface area contributed by atoms with Crippen LogP contribution in [0.2, 0.25) is 5.02 Å². The molecule has 0 saturated heterocycles. The summed E-state index contributed by atoms with van der Waals surface area (Å²) in [4.78, 5) is 12.3. The Morgan fingerprint density at radius 2 is 1.80 bits per heavy atom. The van der Waals surface area contributed by atoms with Crippen molar-refractivity contribution >= 4 is 55.1 Å². The molecular weight excluding hydrogens is 409 g/mol. The van der Waals surface area contributed by atoms with Crippen molar-refractivity contribution in [3.63, 3.8) is 0 Å². The standard InChI is InChI=1S/C14H10Br2ClNO2/c1-20-13-7-9(16)2-4-10(13)14(19)18-12-6-8(15)3-5-11(12)17/h2-7H,1H3,(H,18,19). The number of methoxy groups -OCH3 is 1. The first-order valence-corrected chi connectivity index (χ1v) is 7.57. The van der Waals surface area contributed by atoms with E-state index in [4.69, 9.17) is 16.3 Å². The van der Waals surface area contributed by atoms with Crippen molar-refractivity contribution in [1.82, 2.24) is 0 Å². The molecule has 0 fully saturated rings. The van der Waals surface area contributed by atoms with E-state index in [9.17, 15) is 4.79 Å². The summed E-state index contributed by atoms with van der Waals surface area (Å²) < 4.78 is 6.88. The maximum Gasteiger partial charge on any atom is 0.259 e. The predicted octanol–water partition coefficient (Wildman–Crippen LogP) is 5.13. The highest BCUT2D eigenvalue weighted by molar-refractivity contribution is 9.10. The number of benzene rings is 2. The molecular formula is C14H10Br2ClNO2. The molecule has 104 valence electrons. The van der Waals surface area contributed by atoms with Crippen LogP contribution in [0.25, 0.3) is 0 Å². The molecule has 3 nitrogen and oxygen atoms in total. The second-order valence-corrected chi connectivity index (χ2v) is 6.16. The molecule has 0 heterocycles. The van der Waals surface area contributed by atoms with E-state index in [0.717, 1.165) is 8.95 Å². The third-order valence-electron chi connectivity index (χ3n) is 2.58. The lowest BCUT2D eigenvalue weighted by Crippen LogP contribution is -2.13. The maximum atomic E-state index is 12.3. The van der Waals surface area contributed by atoms with Gasteiger partial charge in [0.2, 0.25) is 0 Å². The first kappa shape index (κ1) is 15.4. The number of rotatable bonds is 3. The molecule has 0 aliphatic rings. The molecule has 0 bridgehead atoms. The van der Waals surface area contributed by atoms with Crippen LogP contribution in [0.3, 0.4) is 0 Å². The topological polar surface area (TPSA) is 38.3 Å². The third kappa shape index (κ3) is 3.53. The summed E-state index contributed by atoms with van der Waals surface area (Å²) >= 11 is 12.7. The first-order chi connectivity index (χ1) is 9.51. The largest absolute Gasteiger partial charge is 0.496 e. The van der Waals surface area contributed by atoms with Crippen LogP contribution in [-0.4, -0.2) is 13.0 Å². The monoisotopic (exact) mass is 417 g/mol. The summed E-state index contributed by atoms with van der Waals surface area (Å²) in [6.45, 7) is 0. The number of ether oxygens (including phenoxy) is 1. The minimum Gasteiger partial charge on any atom is -0.496 e. The van der Waals surface area contributed by atoms with Crippen LogP contribution in [0.4, 0.5) is 5.69 Å². The van der Waals surface area contributed by atoms with Gasteiger partial charge in [0.05, 0.1) is 23.4 Å². The minimum absolute atomic E-state index is 0.283. The van der Waals surface area contributed by atoms with Crippen LogP contribution in [0.5, 0.6) is 5.75 Å². The van der Waals surface area contributed by atoms with E-state index in [1.807, 2.05) is 0 Å². The first-order valence-electron chi connectivity index (χ1n) is 5.61. The zero-order chi connectivity index (χ0) is 14.7. The van der Waals surface area contributed by atoms with Gasteiger partial charge in [0.25, 0.3) is 5.91 Å². The number of hydrogen-bond donors (Lipinski definition) is 1. The molecule has 0 aliphatic carbocycles. The number of halogens is 3. The summed E-state index contributed by atoms with van der Waals surface area (Å²) in [5.41, 5.74) is 0.975. The van der Waals surface area contributed by atoms with Crippen molar-refractivity contribution in [1.29, 1.82) is 0 Å². The Kier molecular flexibility index (Phi) is 5.07. The summed E-state index contributed by atoms with van der Waals surface area (Å²) in [7, 11) is 1.52. The molecule has 0 saturated carbocycles. The SMILES string of the molecule is COc1cc(Br)ccc1C(=O)Nc1cc(Br)ccc1Cl. The van der Waals surface area contributed by atoms with Crippen molar-refractivity contribution < 1.29 is 9.53 Å². The number of hydrogen-bond acceptors (Lipinski definition) is 2. The fourth-order valence-electron chi connectivity index (χ4n) is 1.64. The van der Waals surface area contributed by atoms with E-state index in [0.29, 0.717) is 22.0 Å². The molecule has 0 radical (unpaired) electrons. The number of anilines is 1. The van der Waals surface area contributed by atoms with Gasteiger partial charge in [-0.2, -0.15) is 0 Å². The van der Waals surface area contributed by atoms with E-state index in [1.165, 1.54) is 7.11 Å². The van der Waals surface area contributed by atoms with Crippen molar-refractivity contribution in [3.05, 3.63) is 55.9 Å². The minimum atomic E-state index is -0.283. The maximum absolute atomic E-state index is 12.3. The van der Waals surface area contributed by atoms with E-state index in [-0.39, 0.29) is 5.91 Å². The van der Waals surface area contributed by atoms with Gasteiger partial charge in [-0.15, -0.1) is 0 Å². The number of amides is 1. The smallest absolute Gasteiger partial charge is 0.259 e. The van der Waals surface area contributed by atoms with Gasteiger partial charge < -0.3 is 10.1 Å². The fourth-order valence-corrected chi connectivity index (χ4v) is 2.50. The molecule has 2 rings (SSSR count). The zero-order valence-corrected chi connectivity index (χ0v) is 14.3. The Hall–Kier alpha value is -1.04. The lowest BCUT2D eigenvalue weighted by Gasteiger charge is -2.11. The molecule has 0 aromatic heterocycles. The van der Waals surface area contributed by atoms with Crippen molar-refractivity contribution in [2.24, 2.45) is 0 Å². The highest BCUT2D eigenvalue weighted by Crippen LogP contribution is 2.28. The van der Waals surface area contributed by atoms with Crippen LogP contribution in [0.1, 0.15) is 10.4 Å².